The summed E-state index contributed by atoms with van der Waals surface area (Å²) in [6.45, 7) is 4.58. The van der Waals surface area contributed by atoms with E-state index in [0.717, 1.165) is 28.3 Å². The van der Waals surface area contributed by atoms with Gasteiger partial charge in [-0.15, -0.1) is 11.8 Å². The zero-order chi connectivity index (χ0) is 22.8. The Morgan fingerprint density at radius 2 is 1.91 bits per heavy atom. The van der Waals surface area contributed by atoms with Crippen molar-refractivity contribution in [1.29, 1.82) is 0 Å². The maximum atomic E-state index is 11.7. The van der Waals surface area contributed by atoms with Crippen molar-refractivity contribution in [2.45, 2.75) is 33.1 Å². The van der Waals surface area contributed by atoms with Gasteiger partial charge in [-0.25, -0.2) is 4.98 Å². The minimum atomic E-state index is -0.207. The van der Waals surface area contributed by atoms with E-state index in [0.29, 0.717) is 50.1 Å². The van der Waals surface area contributed by atoms with Crippen LogP contribution in [0.5, 0.6) is 11.5 Å². The average Bonchev–Trinajstić information content (AvgIpc) is 3.18. The molecule has 0 unspecified atom stereocenters. The van der Waals surface area contributed by atoms with Crippen LogP contribution in [0.4, 0.5) is 0 Å². The molecule has 170 valence electrons. The van der Waals surface area contributed by atoms with Crippen molar-refractivity contribution in [2.24, 2.45) is 0 Å². The Morgan fingerprint density at radius 1 is 1.09 bits per heavy atom. The molecule has 3 aromatic rings. The Hall–Kier alpha value is -2.93. The van der Waals surface area contributed by atoms with Crippen LogP contribution in [0.15, 0.2) is 52.9 Å². The number of oxazole rings is 1. The van der Waals surface area contributed by atoms with Crippen molar-refractivity contribution in [3.63, 3.8) is 0 Å². The largest absolute Gasteiger partial charge is 0.493 e. The van der Waals surface area contributed by atoms with Gasteiger partial charge in [0.25, 0.3) is 0 Å². The number of nitrogens with zero attached hydrogens (tertiary/aromatic N) is 1. The second-order valence-electron chi connectivity index (χ2n) is 7.11. The SMILES string of the molecule is CCOC(=O)CCc1ccc(OCCc2nc(-c3ccccc3)oc2C)cc1OCSC. The second-order valence-corrected chi connectivity index (χ2v) is 7.92. The number of aryl methyl sites for hydroxylation is 2. The van der Waals surface area contributed by atoms with Crippen molar-refractivity contribution >= 4 is 17.7 Å². The summed E-state index contributed by atoms with van der Waals surface area (Å²) in [6, 6.07) is 15.6. The topological polar surface area (TPSA) is 70.8 Å². The monoisotopic (exact) mass is 455 g/mol. The number of esters is 1. The molecule has 1 aromatic heterocycles. The lowest BCUT2D eigenvalue weighted by Crippen LogP contribution is -2.07. The molecule has 0 fully saturated rings. The van der Waals surface area contributed by atoms with E-state index >= 15 is 0 Å². The van der Waals surface area contributed by atoms with E-state index in [4.69, 9.17) is 18.6 Å². The minimum Gasteiger partial charge on any atom is -0.493 e. The van der Waals surface area contributed by atoms with E-state index < -0.39 is 0 Å². The van der Waals surface area contributed by atoms with Gasteiger partial charge < -0.3 is 18.6 Å². The first-order valence-corrected chi connectivity index (χ1v) is 12.0. The lowest BCUT2D eigenvalue weighted by molar-refractivity contribution is -0.143. The Labute approximate surface area is 193 Å². The third-order valence-electron chi connectivity index (χ3n) is 4.80. The van der Waals surface area contributed by atoms with Gasteiger partial charge in [0.05, 0.1) is 18.9 Å². The number of benzene rings is 2. The summed E-state index contributed by atoms with van der Waals surface area (Å²) in [5.41, 5.74) is 2.80. The van der Waals surface area contributed by atoms with E-state index in [1.807, 2.05) is 61.7 Å². The molecule has 0 bridgehead atoms. The number of hydrogen-bond acceptors (Lipinski definition) is 7. The van der Waals surface area contributed by atoms with Gasteiger partial charge in [-0.3, -0.25) is 4.79 Å². The van der Waals surface area contributed by atoms with Gasteiger partial charge in [-0.2, -0.15) is 0 Å². The fourth-order valence-electron chi connectivity index (χ4n) is 3.19. The number of thioether (sulfide) groups is 1. The Bertz CT molecular complexity index is 1000. The van der Waals surface area contributed by atoms with Gasteiger partial charge in [0.1, 0.15) is 23.2 Å². The van der Waals surface area contributed by atoms with E-state index in [2.05, 4.69) is 4.98 Å². The highest BCUT2D eigenvalue weighted by atomic mass is 32.2. The van der Waals surface area contributed by atoms with Gasteiger partial charge >= 0.3 is 5.97 Å². The lowest BCUT2D eigenvalue weighted by Gasteiger charge is -2.13. The molecule has 0 aliphatic heterocycles. The van der Waals surface area contributed by atoms with Crippen molar-refractivity contribution in [2.75, 3.05) is 25.4 Å². The van der Waals surface area contributed by atoms with Crippen LogP contribution in [0.1, 0.15) is 30.4 Å². The summed E-state index contributed by atoms with van der Waals surface area (Å²) < 4.78 is 22.7. The van der Waals surface area contributed by atoms with Crippen LogP contribution in [-0.2, 0) is 22.4 Å². The molecule has 32 heavy (non-hydrogen) atoms. The number of carbonyl (C=O) groups is 1. The summed E-state index contributed by atoms with van der Waals surface area (Å²) in [7, 11) is 0. The molecule has 0 saturated heterocycles. The predicted molar refractivity (Wildman–Crippen MR) is 126 cm³/mol. The first-order valence-electron chi connectivity index (χ1n) is 10.7. The van der Waals surface area contributed by atoms with Gasteiger partial charge in [-0.05, 0) is 50.3 Å². The minimum absolute atomic E-state index is 0.207. The molecule has 0 aliphatic rings. The Kier molecular flexibility index (Phi) is 9.04. The quantitative estimate of drug-likeness (QED) is 0.265. The zero-order valence-corrected chi connectivity index (χ0v) is 19.6. The van der Waals surface area contributed by atoms with E-state index in [-0.39, 0.29) is 5.97 Å². The van der Waals surface area contributed by atoms with Crippen LogP contribution >= 0.6 is 11.8 Å². The molecule has 0 atom stereocenters. The number of carbonyl (C=O) groups excluding carboxylic acids is 1. The highest BCUT2D eigenvalue weighted by Gasteiger charge is 2.13. The Balaban J connectivity index is 1.61. The summed E-state index contributed by atoms with van der Waals surface area (Å²) in [5.74, 6) is 3.18. The molecule has 2 aromatic carbocycles. The van der Waals surface area contributed by atoms with E-state index in [1.54, 1.807) is 18.7 Å². The molecular weight excluding hydrogens is 426 g/mol. The second kappa shape index (κ2) is 12.2. The molecule has 6 nitrogen and oxygen atoms in total. The van der Waals surface area contributed by atoms with Crippen LogP contribution in [0.25, 0.3) is 11.5 Å². The third-order valence-corrected chi connectivity index (χ3v) is 5.15. The van der Waals surface area contributed by atoms with Crippen LogP contribution in [0, 0.1) is 6.92 Å². The van der Waals surface area contributed by atoms with E-state index in [1.165, 1.54) is 0 Å². The molecule has 0 amide bonds. The van der Waals surface area contributed by atoms with Gasteiger partial charge in [0, 0.05) is 24.5 Å². The van der Waals surface area contributed by atoms with Crippen LogP contribution in [0.2, 0.25) is 0 Å². The molecular formula is C25H29NO5S. The highest BCUT2D eigenvalue weighted by Crippen LogP contribution is 2.27. The molecule has 0 saturated carbocycles. The fraction of sp³-hybridized carbons (Fsp3) is 0.360. The standard InChI is InChI=1S/C25H29NO5S/c1-4-28-24(27)13-11-19-10-12-21(16-23(19)30-17-32-3)29-15-14-22-18(2)31-25(26-22)20-8-6-5-7-9-20/h5-10,12,16H,4,11,13-15,17H2,1-3H3. The fourth-order valence-corrected chi connectivity index (χ4v) is 3.43. The molecule has 1 heterocycles. The number of aromatic nitrogens is 1. The number of hydrogen-bond donors (Lipinski definition) is 0. The summed E-state index contributed by atoms with van der Waals surface area (Å²) in [6.07, 6.45) is 3.48. The molecule has 0 spiro atoms. The summed E-state index contributed by atoms with van der Waals surface area (Å²) in [5, 5.41) is 0. The smallest absolute Gasteiger partial charge is 0.306 e. The van der Waals surface area contributed by atoms with E-state index in [9.17, 15) is 4.79 Å². The van der Waals surface area contributed by atoms with Crippen molar-refractivity contribution in [1.82, 2.24) is 4.98 Å². The third kappa shape index (κ3) is 6.79. The predicted octanol–water partition coefficient (Wildman–Crippen LogP) is 5.47. The number of rotatable bonds is 12. The molecule has 7 heteroatoms. The molecule has 0 N–H and O–H groups in total. The van der Waals surface area contributed by atoms with Gasteiger partial charge in [-0.1, -0.05) is 24.3 Å². The zero-order valence-electron chi connectivity index (χ0n) is 18.8. The van der Waals surface area contributed by atoms with Crippen LogP contribution in [-0.4, -0.2) is 36.4 Å². The van der Waals surface area contributed by atoms with Crippen molar-refractivity contribution < 1.29 is 23.4 Å². The lowest BCUT2D eigenvalue weighted by atomic mass is 10.1. The molecule has 0 radical (unpaired) electrons. The van der Waals surface area contributed by atoms with Crippen molar-refractivity contribution in [3.05, 3.63) is 65.5 Å². The summed E-state index contributed by atoms with van der Waals surface area (Å²) in [4.78, 5) is 16.3. The number of ether oxygens (including phenoxy) is 3. The molecule has 0 aliphatic carbocycles. The molecule has 3 rings (SSSR count). The average molecular weight is 456 g/mol. The van der Waals surface area contributed by atoms with Crippen molar-refractivity contribution in [3.8, 4) is 23.0 Å². The maximum absolute atomic E-state index is 11.7. The van der Waals surface area contributed by atoms with Crippen LogP contribution < -0.4 is 9.47 Å². The normalized spacial score (nSPS) is 10.7. The first-order chi connectivity index (χ1) is 15.6. The first kappa shape index (κ1) is 23.7. The van der Waals surface area contributed by atoms with Gasteiger partial charge in [0.15, 0.2) is 0 Å². The van der Waals surface area contributed by atoms with Crippen LogP contribution in [0.3, 0.4) is 0 Å². The van der Waals surface area contributed by atoms with Gasteiger partial charge in [0.2, 0.25) is 5.89 Å². The summed E-state index contributed by atoms with van der Waals surface area (Å²) >= 11 is 1.59. The Morgan fingerprint density at radius 3 is 2.66 bits per heavy atom. The highest BCUT2D eigenvalue weighted by molar-refractivity contribution is 7.98. The maximum Gasteiger partial charge on any atom is 0.306 e.